The summed E-state index contributed by atoms with van der Waals surface area (Å²) in [5.74, 6) is -0.977. The van der Waals surface area contributed by atoms with Gasteiger partial charge in [-0.25, -0.2) is 8.78 Å². The second kappa shape index (κ2) is 5.75. The average molecular weight is 287 g/mol. The molecule has 5 heteroatoms. The van der Waals surface area contributed by atoms with Gasteiger partial charge in [0.2, 0.25) is 0 Å². The Labute approximate surface area is 119 Å². The summed E-state index contributed by atoms with van der Waals surface area (Å²) in [6, 6.07) is 14.4. The van der Waals surface area contributed by atoms with Crippen molar-refractivity contribution in [3.05, 3.63) is 72.0 Å². The summed E-state index contributed by atoms with van der Waals surface area (Å²) < 4.78 is 36.6. The van der Waals surface area contributed by atoms with Crippen LogP contribution in [-0.2, 0) is 6.61 Å². The topological polar surface area (TPSA) is 35.3 Å². The first kappa shape index (κ1) is 13.3. The van der Waals surface area contributed by atoms with E-state index in [0.717, 1.165) is 17.7 Å². The summed E-state index contributed by atoms with van der Waals surface area (Å²) in [5.41, 5.74) is 1.59. The van der Waals surface area contributed by atoms with Gasteiger partial charge in [-0.1, -0.05) is 35.5 Å². The number of nitrogens with zero attached hydrogens (tertiary/aromatic N) is 1. The minimum atomic E-state index is -0.752. The first-order valence-electron chi connectivity index (χ1n) is 6.31. The summed E-state index contributed by atoms with van der Waals surface area (Å²) in [7, 11) is 0. The summed E-state index contributed by atoms with van der Waals surface area (Å²) in [4.78, 5) is 0. The van der Waals surface area contributed by atoms with E-state index in [1.54, 1.807) is 6.07 Å². The van der Waals surface area contributed by atoms with Gasteiger partial charge in [0.25, 0.3) is 0 Å². The van der Waals surface area contributed by atoms with Gasteiger partial charge in [-0.15, -0.1) is 0 Å². The van der Waals surface area contributed by atoms with Crippen molar-refractivity contribution in [2.24, 2.45) is 0 Å². The summed E-state index contributed by atoms with van der Waals surface area (Å²) >= 11 is 0. The Morgan fingerprint density at radius 3 is 2.57 bits per heavy atom. The quantitative estimate of drug-likeness (QED) is 0.721. The Morgan fingerprint density at radius 1 is 1.00 bits per heavy atom. The fourth-order valence-corrected chi connectivity index (χ4v) is 1.87. The molecule has 3 aromatic rings. The molecule has 0 aliphatic carbocycles. The Hall–Kier alpha value is -2.69. The van der Waals surface area contributed by atoms with E-state index in [4.69, 9.17) is 9.26 Å². The molecule has 0 fully saturated rings. The highest BCUT2D eigenvalue weighted by molar-refractivity contribution is 5.58. The number of ether oxygens (including phenoxy) is 1. The maximum Gasteiger partial charge on any atom is 0.174 e. The lowest BCUT2D eigenvalue weighted by atomic mass is 10.1. The Morgan fingerprint density at radius 2 is 1.81 bits per heavy atom. The molecule has 0 aliphatic heterocycles. The van der Waals surface area contributed by atoms with Crippen LogP contribution < -0.4 is 4.74 Å². The smallest absolute Gasteiger partial charge is 0.174 e. The van der Waals surface area contributed by atoms with Crippen LogP contribution in [-0.4, -0.2) is 5.16 Å². The van der Waals surface area contributed by atoms with Gasteiger partial charge in [0.1, 0.15) is 18.1 Å². The van der Waals surface area contributed by atoms with E-state index in [2.05, 4.69) is 5.16 Å². The molecule has 0 N–H and O–H groups in total. The SMILES string of the molecule is Fc1ccc(OCc2cc(-c3ccccc3)no2)c(F)c1. The molecule has 0 atom stereocenters. The third kappa shape index (κ3) is 3.08. The van der Waals surface area contributed by atoms with Crippen LogP contribution in [0.15, 0.2) is 59.1 Å². The lowest BCUT2D eigenvalue weighted by molar-refractivity contribution is 0.240. The van der Waals surface area contributed by atoms with Gasteiger partial charge < -0.3 is 9.26 Å². The molecule has 21 heavy (non-hydrogen) atoms. The lowest BCUT2D eigenvalue weighted by Crippen LogP contribution is -1.96. The standard InChI is InChI=1S/C16H11F2NO2/c17-12-6-7-16(14(18)8-12)20-10-13-9-15(19-21-13)11-4-2-1-3-5-11/h1-9H,10H2. The van der Waals surface area contributed by atoms with Gasteiger partial charge in [0, 0.05) is 17.7 Å². The summed E-state index contributed by atoms with van der Waals surface area (Å²) in [6.07, 6.45) is 0. The highest BCUT2D eigenvalue weighted by atomic mass is 19.1. The van der Waals surface area contributed by atoms with Crippen LogP contribution in [0.2, 0.25) is 0 Å². The van der Waals surface area contributed by atoms with Crippen LogP contribution in [0.3, 0.4) is 0 Å². The number of rotatable bonds is 4. The second-order valence-corrected chi connectivity index (χ2v) is 4.41. The molecule has 0 spiro atoms. The molecule has 0 saturated heterocycles. The van der Waals surface area contributed by atoms with Crippen molar-refractivity contribution in [1.82, 2.24) is 5.16 Å². The average Bonchev–Trinajstić information content (AvgIpc) is 2.96. The van der Waals surface area contributed by atoms with E-state index in [9.17, 15) is 8.78 Å². The van der Waals surface area contributed by atoms with E-state index < -0.39 is 11.6 Å². The minimum Gasteiger partial charge on any atom is -0.482 e. The molecule has 0 radical (unpaired) electrons. The summed E-state index contributed by atoms with van der Waals surface area (Å²) in [5, 5.41) is 3.93. The molecular weight excluding hydrogens is 276 g/mol. The van der Waals surface area contributed by atoms with Crippen molar-refractivity contribution in [2.45, 2.75) is 6.61 Å². The zero-order chi connectivity index (χ0) is 14.7. The molecule has 1 aromatic heterocycles. The van der Waals surface area contributed by atoms with E-state index in [0.29, 0.717) is 11.5 Å². The maximum absolute atomic E-state index is 13.4. The van der Waals surface area contributed by atoms with Gasteiger partial charge in [0.15, 0.2) is 17.3 Å². The molecular formula is C16H11F2NO2. The molecule has 0 aliphatic rings. The van der Waals surface area contributed by atoms with E-state index in [-0.39, 0.29) is 12.4 Å². The normalized spacial score (nSPS) is 10.6. The molecule has 106 valence electrons. The molecule has 1 heterocycles. The molecule has 3 rings (SSSR count). The van der Waals surface area contributed by atoms with Crippen molar-refractivity contribution in [1.29, 1.82) is 0 Å². The van der Waals surface area contributed by atoms with E-state index >= 15 is 0 Å². The van der Waals surface area contributed by atoms with Crippen molar-refractivity contribution in [2.75, 3.05) is 0 Å². The largest absolute Gasteiger partial charge is 0.482 e. The van der Waals surface area contributed by atoms with Crippen molar-refractivity contribution in [3.8, 4) is 17.0 Å². The van der Waals surface area contributed by atoms with Gasteiger partial charge in [-0.3, -0.25) is 0 Å². The highest BCUT2D eigenvalue weighted by Crippen LogP contribution is 2.21. The number of benzene rings is 2. The second-order valence-electron chi connectivity index (χ2n) is 4.41. The van der Waals surface area contributed by atoms with E-state index in [1.165, 1.54) is 6.07 Å². The molecule has 2 aromatic carbocycles. The third-order valence-electron chi connectivity index (χ3n) is 2.89. The predicted octanol–water partition coefficient (Wildman–Crippen LogP) is 4.20. The van der Waals surface area contributed by atoms with Gasteiger partial charge >= 0.3 is 0 Å². The Bertz CT molecular complexity index is 741. The Kier molecular flexibility index (Phi) is 3.64. The number of halogens is 2. The van der Waals surface area contributed by atoms with Crippen molar-refractivity contribution >= 4 is 0 Å². The summed E-state index contributed by atoms with van der Waals surface area (Å²) in [6.45, 7) is 0.0163. The molecule has 0 unspecified atom stereocenters. The number of aromatic nitrogens is 1. The first-order valence-corrected chi connectivity index (χ1v) is 6.31. The zero-order valence-corrected chi connectivity index (χ0v) is 10.9. The van der Waals surface area contributed by atoms with Crippen LogP contribution in [0.4, 0.5) is 8.78 Å². The molecule has 0 bridgehead atoms. The number of hydrogen-bond acceptors (Lipinski definition) is 3. The van der Waals surface area contributed by atoms with Crippen molar-refractivity contribution < 1.29 is 18.0 Å². The maximum atomic E-state index is 13.4. The molecule has 0 saturated carbocycles. The monoisotopic (exact) mass is 287 g/mol. The van der Waals surface area contributed by atoms with Gasteiger partial charge in [0.05, 0.1) is 0 Å². The zero-order valence-electron chi connectivity index (χ0n) is 10.9. The lowest BCUT2D eigenvalue weighted by Gasteiger charge is -2.04. The van der Waals surface area contributed by atoms with Crippen LogP contribution >= 0.6 is 0 Å². The molecule has 0 amide bonds. The Balaban J connectivity index is 1.70. The van der Waals surface area contributed by atoms with Crippen LogP contribution in [0.25, 0.3) is 11.3 Å². The van der Waals surface area contributed by atoms with Crippen molar-refractivity contribution in [3.63, 3.8) is 0 Å². The fourth-order valence-electron chi connectivity index (χ4n) is 1.87. The minimum absolute atomic E-state index is 0.0163. The van der Waals surface area contributed by atoms with E-state index in [1.807, 2.05) is 30.3 Å². The van der Waals surface area contributed by atoms with Gasteiger partial charge in [-0.2, -0.15) is 0 Å². The number of hydrogen-bond donors (Lipinski definition) is 0. The van der Waals surface area contributed by atoms with Gasteiger partial charge in [-0.05, 0) is 12.1 Å². The van der Waals surface area contributed by atoms with Crippen LogP contribution in [0, 0.1) is 11.6 Å². The third-order valence-corrected chi connectivity index (χ3v) is 2.89. The van der Waals surface area contributed by atoms with Crippen LogP contribution in [0.1, 0.15) is 5.76 Å². The van der Waals surface area contributed by atoms with Crippen LogP contribution in [0.5, 0.6) is 5.75 Å². The fraction of sp³-hybridized carbons (Fsp3) is 0.0625. The first-order chi connectivity index (χ1) is 10.2. The highest BCUT2D eigenvalue weighted by Gasteiger charge is 2.09. The molecule has 3 nitrogen and oxygen atoms in total. The predicted molar refractivity (Wildman–Crippen MR) is 72.6 cm³/mol.